The lowest BCUT2D eigenvalue weighted by atomic mass is 10.1. The molecule has 1 aromatic heterocycles. The lowest BCUT2D eigenvalue weighted by molar-refractivity contribution is -0.140. The molecule has 0 amide bonds. The Morgan fingerprint density at radius 2 is 1.68 bits per heavy atom. The second-order valence-electron chi connectivity index (χ2n) is 4.58. The molecule has 0 saturated carbocycles. The van der Waals surface area contributed by atoms with E-state index >= 15 is 0 Å². The summed E-state index contributed by atoms with van der Waals surface area (Å²) in [5.74, 6) is -2.57. The molecule has 2 N–H and O–H groups in total. The SMILES string of the molecule is CC.CCc1cc(=O)oc2c(OCC(=O)O)c(OCC(=O)O)ccc12. The van der Waals surface area contributed by atoms with Crippen LogP contribution < -0.4 is 15.1 Å². The second kappa shape index (κ2) is 9.31. The largest absolute Gasteiger partial charge is 0.479 e. The van der Waals surface area contributed by atoms with Gasteiger partial charge in [-0.15, -0.1) is 0 Å². The monoisotopic (exact) mass is 352 g/mol. The van der Waals surface area contributed by atoms with Crippen LogP contribution in [0.2, 0.25) is 0 Å². The van der Waals surface area contributed by atoms with E-state index in [1.54, 1.807) is 6.07 Å². The van der Waals surface area contributed by atoms with Crippen LogP contribution in [0.3, 0.4) is 0 Å². The summed E-state index contributed by atoms with van der Waals surface area (Å²) in [5.41, 5.74) is 0.101. The van der Waals surface area contributed by atoms with Crippen LogP contribution in [0.5, 0.6) is 11.5 Å². The third-order valence-corrected chi connectivity index (χ3v) is 2.99. The molecule has 2 aromatic rings. The Bertz CT molecular complexity index is 806. The Morgan fingerprint density at radius 3 is 2.24 bits per heavy atom. The highest BCUT2D eigenvalue weighted by Gasteiger charge is 2.17. The Morgan fingerprint density at radius 1 is 1.08 bits per heavy atom. The van der Waals surface area contributed by atoms with Gasteiger partial charge < -0.3 is 24.1 Å². The van der Waals surface area contributed by atoms with E-state index in [1.807, 2.05) is 20.8 Å². The zero-order valence-electron chi connectivity index (χ0n) is 14.2. The van der Waals surface area contributed by atoms with Gasteiger partial charge in [-0.1, -0.05) is 20.8 Å². The van der Waals surface area contributed by atoms with Crippen molar-refractivity contribution in [1.82, 2.24) is 0 Å². The summed E-state index contributed by atoms with van der Waals surface area (Å²) in [6, 6.07) is 4.38. The van der Waals surface area contributed by atoms with Crippen LogP contribution in [-0.4, -0.2) is 35.4 Å². The first-order valence-electron chi connectivity index (χ1n) is 7.71. The van der Waals surface area contributed by atoms with E-state index in [1.165, 1.54) is 12.1 Å². The molecule has 8 heteroatoms. The highest BCUT2D eigenvalue weighted by molar-refractivity contribution is 5.88. The van der Waals surface area contributed by atoms with Gasteiger partial charge in [-0.3, -0.25) is 0 Å². The molecule has 0 radical (unpaired) electrons. The quantitative estimate of drug-likeness (QED) is 0.728. The third kappa shape index (κ3) is 5.23. The van der Waals surface area contributed by atoms with Crippen LogP contribution in [-0.2, 0) is 16.0 Å². The Balaban J connectivity index is 0.00000151. The van der Waals surface area contributed by atoms with Crippen LogP contribution in [0.15, 0.2) is 27.4 Å². The van der Waals surface area contributed by atoms with Gasteiger partial charge in [0.25, 0.3) is 0 Å². The van der Waals surface area contributed by atoms with E-state index in [2.05, 4.69) is 0 Å². The molecule has 0 spiro atoms. The molecule has 0 bridgehead atoms. The average molecular weight is 352 g/mol. The minimum atomic E-state index is -1.24. The van der Waals surface area contributed by atoms with Gasteiger partial charge in [-0.25, -0.2) is 14.4 Å². The van der Waals surface area contributed by atoms with E-state index in [0.717, 1.165) is 0 Å². The van der Waals surface area contributed by atoms with Gasteiger partial charge in [0, 0.05) is 11.5 Å². The van der Waals surface area contributed by atoms with Gasteiger partial charge in [0.2, 0.25) is 5.75 Å². The summed E-state index contributed by atoms with van der Waals surface area (Å²) in [6.07, 6.45) is 0.551. The topological polar surface area (TPSA) is 123 Å². The number of carboxylic acid groups (broad SMARTS) is 2. The van der Waals surface area contributed by atoms with E-state index in [9.17, 15) is 14.4 Å². The zero-order valence-corrected chi connectivity index (χ0v) is 14.2. The van der Waals surface area contributed by atoms with E-state index < -0.39 is 30.8 Å². The molecule has 0 aliphatic carbocycles. The first-order chi connectivity index (χ1) is 11.9. The summed E-state index contributed by atoms with van der Waals surface area (Å²) >= 11 is 0. The molecule has 0 atom stereocenters. The maximum atomic E-state index is 11.7. The van der Waals surface area contributed by atoms with Crippen LogP contribution >= 0.6 is 0 Å². The molecule has 0 saturated heterocycles. The Hall–Kier alpha value is -3.03. The van der Waals surface area contributed by atoms with Crippen LogP contribution in [0.25, 0.3) is 11.0 Å². The molecule has 1 aromatic carbocycles. The predicted octanol–water partition coefficient (Wildman–Crippen LogP) is 2.31. The number of aliphatic carboxylic acids is 2. The van der Waals surface area contributed by atoms with Crippen molar-refractivity contribution in [3.63, 3.8) is 0 Å². The highest BCUT2D eigenvalue weighted by atomic mass is 16.5. The fourth-order valence-corrected chi connectivity index (χ4v) is 2.07. The maximum absolute atomic E-state index is 11.7. The first kappa shape index (κ1) is 20.0. The van der Waals surface area contributed by atoms with E-state index in [-0.39, 0.29) is 17.1 Å². The smallest absolute Gasteiger partial charge is 0.341 e. The fourth-order valence-electron chi connectivity index (χ4n) is 2.07. The van der Waals surface area contributed by atoms with Gasteiger partial charge in [0.05, 0.1) is 0 Å². The highest BCUT2D eigenvalue weighted by Crippen LogP contribution is 2.36. The van der Waals surface area contributed by atoms with Gasteiger partial charge in [-0.05, 0) is 24.1 Å². The molecule has 0 aliphatic heterocycles. The van der Waals surface area contributed by atoms with Crippen molar-refractivity contribution in [3.8, 4) is 11.5 Å². The third-order valence-electron chi connectivity index (χ3n) is 2.99. The number of rotatable bonds is 7. The molecule has 136 valence electrons. The van der Waals surface area contributed by atoms with Gasteiger partial charge in [-0.2, -0.15) is 0 Å². The standard InChI is InChI=1S/C15H14O8.C2H6/c1-2-8-5-13(20)23-14-9(8)3-4-10(21-6-11(16)17)15(14)22-7-12(18)19;1-2/h3-5H,2,6-7H2,1H3,(H,16,17)(H,18,19);1-2H3. The number of benzene rings is 1. The van der Waals surface area contributed by atoms with Crippen molar-refractivity contribution < 1.29 is 33.7 Å². The summed E-state index contributed by atoms with van der Waals surface area (Å²) in [5, 5.41) is 18.0. The van der Waals surface area contributed by atoms with Crippen molar-refractivity contribution in [2.24, 2.45) is 0 Å². The number of fused-ring (bicyclic) bond motifs is 1. The number of hydrogen-bond donors (Lipinski definition) is 2. The molecule has 0 aliphatic rings. The summed E-state index contributed by atoms with van der Waals surface area (Å²) in [6.45, 7) is 4.51. The molecule has 2 rings (SSSR count). The summed E-state index contributed by atoms with van der Waals surface area (Å²) in [7, 11) is 0. The molecule has 1 heterocycles. The van der Waals surface area contributed by atoms with Crippen LogP contribution in [0.1, 0.15) is 26.3 Å². The maximum Gasteiger partial charge on any atom is 0.341 e. The van der Waals surface area contributed by atoms with Crippen molar-refractivity contribution in [1.29, 1.82) is 0 Å². The number of carboxylic acids is 2. The van der Waals surface area contributed by atoms with Crippen molar-refractivity contribution in [2.75, 3.05) is 13.2 Å². The first-order valence-corrected chi connectivity index (χ1v) is 7.71. The van der Waals surface area contributed by atoms with Gasteiger partial charge in [0.1, 0.15) is 0 Å². The number of hydrogen-bond acceptors (Lipinski definition) is 6. The van der Waals surface area contributed by atoms with Crippen LogP contribution in [0, 0.1) is 0 Å². The molecule has 0 unspecified atom stereocenters. The molecular weight excluding hydrogens is 332 g/mol. The minimum absolute atomic E-state index is 0.0162. The molecule has 8 nitrogen and oxygen atoms in total. The predicted molar refractivity (Wildman–Crippen MR) is 89.5 cm³/mol. The van der Waals surface area contributed by atoms with Crippen molar-refractivity contribution in [2.45, 2.75) is 27.2 Å². The second-order valence-corrected chi connectivity index (χ2v) is 4.58. The lowest BCUT2D eigenvalue weighted by Gasteiger charge is -2.13. The van der Waals surface area contributed by atoms with E-state index in [0.29, 0.717) is 17.4 Å². The van der Waals surface area contributed by atoms with E-state index in [4.69, 9.17) is 24.1 Å². The molecule has 25 heavy (non-hydrogen) atoms. The van der Waals surface area contributed by atoms with Crippen molar-refractivity contribution in [3.05, 3.63) is 34.2 Å². The number of carbonyl (C=O) groups is 2. The van der Waals surface area contributed by atoms with Gasteiger partial charge >= 0.3 is 17.6 Å². The van der Waals surface area contributed by atoms with Crippen LogP contribution in [0.4, 0.5) is 0 Å². The number of ether oxygens (including phenoxy) is 2. The zero-order chi connectivity index (χ0) is 19.0. The minimum Gasteiger partial charge on any atom is -0.479 e. The van der Waals surface area contributed by atoms with Gasteiger partial charge in [0.15, 0.2) is 24.5 Å². The molecular formula is C17H20O8. The number of aryl methyl sites for hydroxylation is 1. The lowest BCUT2D eigenvalue weighted by Crippen LogP contribution is -2.14. The normalized spacial score (nSPS) is 9.88. The molecule has 0 fully saturated rings. The van der Waals surface area contributed by atoms with Crippen molar-refractivity contribution >= 4 is 22.9 Å². The Labute approximate surface area is 143 Å². The fraction of sp³-hybridized carbons (Fsp3) is 0.353. The summed E-state index contributed by atoms with van der Waals surface area (Å²) < 4.78 is 15.3. The Kier molecular flexibility index (Phi) is 7.45. The average Bonchev–Trinajstić information content (AvgIpc) is 2.58. The summed E-state index contributed by atoms with van der Waals surface area (Å²) in [4.78, 5) is 33.0.